The Kier molecular flexibility index (Phi) is 8.35. The van der Waals surface area contributed by atoms with Gasteiger partial charge >= 0.3 is 0 Å². The second kappa shape index (κ2) is 9.75. The largest absolute Gasteiger partial charge is 0.396 e. The van der Waals surface area contributed by atoms with E-state index < -0.39 is 5.41 Å². The molecule has 0 unspecified atom stereocenters. The van der Waals surface area contributed by atoms with Gasteiger partial charge in [0.25, 0.3) is 0 Å². The van der Waals surface area contributed by atoms with E-state index >= 15 is 0 Å². The van der Waals surface area contributed by atoms with Crippen molar-refractivity contribution >= 4 is 11.6 Å². The van der Waals surface area contributed by atoms with Crippen LogP contribution in [0.3, 0.4) is 0 Å². The predicted molar refractivity (Wildman–Crippen MR) is 91.7 cm³/mol. The Balaban J connectivity index is 0.000000299. The Bertz CT molecular complexity index is 562. The van der Waals surface area contributed by atoms with Gasteiger partial charge in [-0.05, 0) is 42.5 Å². The zero-order valence-electron chi connectivity index (χ0n) is 14.8. The maximum Gasteiger partial charge on any atom is 0.140 e. The fourth-order valence-corrected chi connectivity index (χ4v) is 2.79. The molecular formula is C19H27FO5. The van der Waals surface area contributed by atoms with Gasteiger partial charge in [-0.15, -0.1) is 0 Å². The van der Waals surface area contributed by atoms with Crippen molar-refractivity contribution in [1.29, 1.82) is 0 Å². The Hall–Kier alpha value is -1.63. The molecular weight excluding hydrogens is 327 g/mol. The van der Waals surface area contributed by atoms with Crippen LogP contribution in [0.1, 0.15) is 49.7 Å². The second-order valence-electron chi connectivity index (χ2n) is 6.69. The van der Waals surface area contributed by atoms with Crippen LogP contribution in [0.25, 0.3) is 0 Å². The van der Waals surface area contributed by atoms with Crippen LogP contribution in [-0.2, 0) is 9.59 Å². The lowest BCUT2D eigenvalue weighted by molar-refractivity contribution is -0.130. The van der Waals surface area contributed by atoms with E-state index in [9.17, 15) is 14.0 Å². The maximum atomic E-state index is 12.9. The lowest BCUT2D eigenvalue weighted by Gasteiger charge is -2.24. The van der Waals surface area contributed by atoms with Gasteiger partial charge in [0.15, 0.2) is 0 Å². The summed E-state index contributed by atoms with van der Waals surface area (Å²) in [4.78, 5) is 22.7. The van der Waals surface area contributed by atoms with Gasteiger partial charge < -0.3 is 15.3 Å². The summed E-state index contributed by atoms with van der Waals surface area (Å²) in [5, 5.41) is 26.0. The van der Waals surface area contributed by atoms with Crippen molar-refractivity contribution in [1.82, 2.24) is 0 Å². The molecule has 1 aliphatic carbocycles. The van der Waals surface area contributed by atoms with Crippen LogP contribution in [0, 0.1) is 18.2 Å². The van der Waals surface area contributed by atoms with Gasteiger partial charge in [0.05, 0.1) is 26.2 Å². The maximum absolute atomic E-state index is 12.9. The third kappa shape index (κ3) is 5.99. The number of hydrogen-bond acceptors (Lipinski definition) is 5. The highest BCUT2D eigenvalue weighted by Crippen LogP contribution is 2.31. The first-order chi connectivity index (χ1) is 11.8. The highest BCUT2D eigenvalue weighted by atomic mass is 19.1. The average molecular weight is 354 g/mol. The summed E-state index contributed by atoms with van der Waals surface area (Å²) < 4.78 is 12.9. The smallest absolute Gasteiger partial charge is 0.140 e. The molecule has 1 fully saturated rings. The number of rotatable bonds is 5. The monoisotopic (exact) mass is 354 g/mol. The average Bonchev–Trinajstić information content (AvgIpc) is 2.57. The van der Waals surface area contributed by atoms with E-state index in [1.807, 2.05) is 13.8 Å². The highest BCUT2D eigenvalue weighted by Gasteiger charge is 2.27. The second-order valence-corrected chi connectivity index (χ2v) is 6.69. The van der Waals surface area contributed by atoms with Crippen LogP contribution in [0.4, 0.5) is 4.39 Å². The molecule has 0 amide bonds. The summed E-state index contributed by atoms with van der Waals surface area (Å²) in [6.07, 6.45) is 1.46. The first kappa shape index (κ1) is 21.4. The van der Waals surface area contributed by atoms with Crippen molar-refractivity contribution in [3.8, 4) is 0 Å². The molecule has 0 aromatic heterocycles. The van der Waals surface area contributed by atoms with E-state index in [2.05, 4.69) is 0 Å². The minimum Gasteiger partial charge on any atom is -0.396 e. The van der Waals surface area contributed by atoms with Crippen LogP contribution in [0.5, 0.6) is 0 Å². The van der Waals surface area contributed by atoms with E-state index in [4.69, 9.17) is 15.3 Å². The quantitative estimate of drug-likeness (QED) is 0.702. The molecule has 0 radical (unpaired) electrons. The molecule has 0 aliphatic heterocycles. The minimum absolute atomic E-state index is 0.00928. The molecule has 140 valence electrons. The van der Waals surface area contributed by atoms with E-state index in [-0.39, 0.29) is 49.5 Å². The zero-order valence-corrected chi connectivity index (χ0v) is 14.8. The number of ketones is 2. The van der Waals surface area contributed by atoms with Crippen LogP contribution in [0.2, 0.25) is 0 Å². The first-order valence-corrected chi connectivity index (χ1v) is 8.42. The van der Waals surface area contributed by atoms with Crippen molar-refractivity contribution in [3.05, 3.63) is 35.1 Å². The molecule has 1 aromatic rings. The summed E-state index contributed by atoms with van der Waals surface area (Å²) in [5.74, 6) is -0.362. The Morgan fingerprint density at radius 1 is 1.08 bits per heavy atom. The number of carbonyl (C=O) groups is 2. The topological polar surface area (TPSA) is 94.8 Å². The minimum atomic E-state index is -0.667. The van der Waals surface area contributed by atoms with Crippen molar-refractivity contribution in [2.45, 2.75) is 45.4 Å². The Labute approximate surface area is 147 Å². The van der Waals surface area contributed by atoms with E-state index in [1.54, 1.807) is 6.07 Å². The number of aliphatic hydroxyl groups is 3. The molecule has 0 spiro atoms. The number of aliphatic hydroxyl groups excluding tert-OH is 3. The molecule has 3 N–H and O–H groups in total. The van der Waals surface area contributed by atoms with Crippen LogP contribution >= 0.6 is 0 Å². The molecule has 0 saturated heterocycles. The molecule has 5 nitrogen and oxygen atoms in total. The summed E-state index contributed by atoms with van der Waals surface area (Å²) in [6.45, 7) is 3.16. The van der Waals surface area contributed by atoms with Gasteiger partial charge in [-0.25, -0.2) is 4.39 Å². The molecule has 25 heavy (non-hydrogen) atoms. The van der Waals surface area contributed by atoms with Gasteiger partial charge in [-0.1, -0.05) is 13.0 Å². The van der Waals surface area contributed by atoms with E-state index in [1.165, 1.54) is 12.1 Å². The number of Topliss-reactive ketones (excluding diaryl/α,β-unsaturated/α-hetero) is 2. The van der Waals surface area contributed by atoms with Gasteiger partial charge in [-0.3, -0.25) is 9.59 Å². The summed E-state index contributed by atoms with van der Waals surface area (Å²) in [7, 11) is 0. The zero-order chi connectivity index (χ0) is 19.0. The number of halogens is 1. The molecule has 0 heterocycles. The van der Waals surface area contributed by atoms with Crippen LogP contribution in [0.15, 0.2) is 18.2 Å². The summed E-state index contributed by atoms with van der Waals surface area (Å²) in [6, 6.07) is 4.51. The van der Waals surface area contributed by atoms with Crippen LogP contribution in [-0.4, -0.2) is 46.7 Å². The van der Waals surface area contributed by atoms with Crippen molar-refractivity contribution in [2.75, 3.05) is 19.8 Å². The standard InChI is InChI=1S/C13H13FO2.C6H14O3/c1-8-4-10(14)2-3-13(8)9-5-11(15)7-12(16)6-9;1-2-6(3-7,4-8)5-9/h2-4,9H,5-7H2,1H3;7-9H,2-5H2,1H3. The van der Waals surface area contributed by atoms with Gasteiger partial charge in [0.1, 0.15) is 17.4 Å². The normalized spacial score (nSPS) is 15.8. The summed E-state index contributed by atoms with van der Waals surface area (Å²) in [5.41, 5.74) is 1.07. The number of benzene rings is 1. The van der Waals surface area contributed by atoms with Crippen molar-refractivity contribution in [3.63, 3.8) is 0 Å². The highest BCUT2D eigenvalue weighted by molar-refractivity contribution is 6.02. The number of aryl methyl sites for hydroxylation is 1. The number of hydrogen-bond donors (Lipinski definition) is 3. The predicted octanol–water partition coefficient (Wildman–Crippen LogP) is 1.90. The molecule has 1 saturated carbocycles. The van der Waals surface area contributed by atoms with Crippen LogP contribution < -0.4 is 0 Å². The van der Waals surface area contributed by atoms with E-state index in [0.717, 1.165) is 11.1 Å². The van der Waals surface area contributed by atoms with Crippen molar-refractivity contribution in [2.24, 2.45) is 5.41 Å². The lowest BCUT2D eigenvalue weighted by Crippen LogP contribution is -2.32. The van der Waals surface area contributed by atoms with Gasteiger partial charge in [0, 0.05) is 18.3 Å². The summed E-state index contributed by atoms with van der Waals surface area (Å²) >= 11 is 0. The lowest BCUT2D eigenvalue weighted by atomic mass is 9.81. The fourth-order valence-electron chi connectivity index (χ4n) is 2.79. The third-order valence-electron chi connectivity index (χ3n) is 4.77. The SMILES string of the molecule is CCC(CO)(CO)CO.Cc1cc(F)ccc1C1CC(=O)CC(=O)C1. The first-order valence-electron chi connectivity index (χ1n) is 8.42. The van der Waals surface area contributed by atoms with Gasteiger partial charge in [0.2, 0.25) is 0 Å². The molecule has 6 heteroatoms. The van der Waals surface area contributed by atoms with E-state index in [0.29, 0.717) is 19.3 Å². The van der Waals surface area contributed by atoms with Crippen molar-refractivity contribution < 1.29 is 29.3 Å². The molecule has 0 atom stereocenters. The molecule has 2 rings (SSSR count). The molecule has 0 bridgehead atoms. The molecule has 1 aromatic carbocycles. The number of carbonyl (C=O) groups excluding carboxylic acids is 2. The van der Waals surface area contributed by atoms with Gasteiger partial charge in [-0.2, -0.15) is 0 Å². The Morgan fingerprint density at radius 2 is 1.60 bits per heavy atom. The molecule has 1 aliphatic rings. The third-order valence-corrected chi connectivity index (χ3v) is 4.77. The Morgan fingerprint density at radius 3 is 1.96 bits per heavy atom. The fraction of sp³-hybridized carbons (Fsp3) is 0.579.